The van der Waals surface area contributed by atoms with E-state index in [1.807, 2.05) is 36.4 Å². The predicted octanol–water partition coefficient (Wildman–Crippen LogP) is 4.09. The summed E-state index contributed by atoms with van der Waals surface area (Å²) in [4.78, 5) is 17.6. The van der Waals surface area contributed by atoms with Crippen molar-refractivity contribution in [3.05, 3.63) is 59.8 Å². The zero-order valence-electron chi connectivity index (χ0n) is 13.5. The summed E-state index contributed by atoms with van der Waals surface area (Å²) < 4.78 is 10.7. The highest BCUT2D eigenvalue weighted by Crippen LogP contribution is 2.40. The molecule has 1 saturated carbocycles. The zero-order chi connectivity index (χ0) is 16.8. The van der Waals surface area contributed by atoms with Crippen LogP contribution in [0.4, 0.5) is 5.69 Å². The quantitative estimate of drug-likeness (QED) is 0.784. The molecule has 1 amide bonds. The third-order valence-corrected chi connectivity index (χ3v) is 4.61. The highest BCUT2D eigenvalue weighted by atomic mass is 16.7. The fourth-order valence-electron chi connectivity index (χ4n) is 3.14. The van der Waals surface area contributed by atoms with Gasteiger partial charge in [0.25, 0.3) is 5.91 Å². The lowest BCUT2D eigenvalue weighted by Crippen LogP contribution is -2.13. The lowest BCUT2D eigenvalue weighted by Gasteiger charge is -2.10. The molecule has 0 spiro atoms. The number of benzene rings is 2. The van der Waals surface area contributed by atoms with E-state index in [1.165, 1.54) is 0 Å². The molecule has 0 atom stereocenters. The maximum absolute atomic E-state index is 12.9. The molecule has 1 aromatic heterocycles. The van der Waals surface area contributed by atoms with Crippen molar-refractivity contribution in [3.8, 4) is 11.5 Å². The highest BCUT2D eigenvalue weighted by molar-refractivity contribution is 6.12. The Hall–Kier alpha value is -3.08. The van der Waals surface area contributed by atoms with Crippen LogP contribution in [0.2, 0.25) is 0 Å². The normalized spacial score (nSPS) is 15.4. The molecule has 0 unspecified atom stereocenters. The molecule has 1 aliphatic carbocycles. The molecule has 5 rings (SSSR count). The third kappa shape index (κ3) is 2.58. The highest BCUT2D eigenvalue weighted by Gasteiger charge is 2.27. The van der Waals surface area contributed by atoms with Gasteiger partial charge < -0.3 is 14.8 Å². The van der Waals surface area contributed by atoms with Crippen molar-refractivity contribution in [2.24, 2.45) is 0 Å². The van der Waals surface area contributed by atoms with Gasteiger partial charge >= 0.3 is 0 Å². The van der Waals surface area contributed by atoms with Gasteiger partial charge in [-0.05, 0) is 37.1 Å². The first-order valence-electron chi connectivity index (χ1n) is 8.38. The van der Waals surface area contributed by atoms with E-state index >= 15 is 0 Å². The van der Waals surface area contributed by atoms with Crippen LogP contribution in [-0.2, 0) is 0 Å². The van der Waals surface area contributed by atoms with E-state index in [-0.39, 0.29) is 12.7 Å². The fraction of sp³-hybridized carbons (Fsp3) is 0.200. The van der Waals surface area contributed by atoms with Gasteiger partial charge in [-0.1, -0.05) is 18.2 Å². The summed E-state index contributed by atoms with van der Waals surface area (Å²) >= 11 is 0. The molecule has 5 heteroatoms. The molecule has 124 valence electrons. The summed E-state index contributed by atoms with van der Waals surface area (Å²) in [5, 5.41) is 3.83. The SMILES string of the molecule is O=C(Nc1ccc2c(c1)OCO2)c1cc(C2CC2)nc2ccccc12. The molecule has 0 saturated heterocycles. The largest absolute Gasteiger partial charge is 0.454 e. The van der Waals surface area contributed by atoms with Gasteiger partial charge in [0.05, 0.1) is 11.1 Å². The molecule has 3 aromatic rings. The molecule has 2 aromatic carbocycles. The number of para-hydroxylation sites is 1. The first-order valence-corrected chi connectivity index (χ1v) is 8.38. The van der Waals surface area contributed by atoms with Gasteiger partial charge in [-0.15, -0.1) is 0 Å². The van der Waals surface area contributed by atoms with Crippen molar-refractivity contribution in [1.82, 2.24) is 4.98 Å². The average Bonchev–Trinajstić information content (AvgIpc) is 3.39. The third-order valence-electron chi connectivity index (χ3n) is 4.61. The molecule has 1 aliphatic heterocycles. The number of nitrogens with one attached hydrogen (secondary N) is 1. The van der Waals surface area contributed by atoms with Gasteiger partial charge in [0.1, 0.15) is 0 Å². The molecule has 2 aliphatic rings. The second-order valence-corrected chi connectivity index (χ2v) is 6.41. The topological polar surface area (TPSA) is 60.5 Å². The van der Waals surface area contributed by atoms with Crippen LogP contribution in [0.25, 0.3) is 10.9 Å². The van der Waals surface area contributed by atoms with Crippen molar-refractivity contribution in [2.45, 2.75) is 18.8 Å². The average molecular weight is 332 g/mol. The van der Waals surface area contributed by atoms with Gasteiger partial charge in [-0.2, -0.15) is 0 Å². The van der Waals surface area contributed by atoms with Gasteiger partial charge in [0.15, 0.2) is 11.5 Å². The van der Waals surface area contributed by atoms with E-state index in [2.05, 4.69) is 5.32 Å². The number of anilines is 1. The number of ether oxygens (including phenoxy) is 2. The number of fused-ring (bicyclic) bond motifs is 2. The number of aromatic nitrogens is 1. The summed E-state index contributed by atoms with van der Waals surface area (Å²) in [6.07, 6.45) is 2.29. The summed E-state index contributed by atoms with van der Waals surface area (Å²) in [7, 11) is 0. The summed E-state index contributed by atoms with van der Waals surface area (Å²) in [6.45, 7) is 0.215. The molecule has 0 radical (unpaired) electrons. The van der Waals surface area contributed by atoms with Crippen LogP contribution < -0.4 is 14.8 Å². The van der Waals surface area contributed by atoms with Crippen molar-refractivity contribution < 1.29 is 14.3 Å². The Morgan fingerprint density at radius 3 is 2.76 bits per heavy atom. The van der Waals surface area contributed by atoms with E-state index in [9.17, 15) is 4.79 Å². The Morgan fingerprint density at radius 1 is 1.04 bits per heavy atom. The lowest BCUT2D eigenvalue weighted by atomic mass is 10.1. The van der Waals surface area contributed by atoms with Crippen LogP contribution in [0, 0.1) is 0 Å². The lowest BCUT2D eigenvalue weighted by molar-refractivity contribution is 0.102. The first kappa shape index (κ1) is 14.3. The summed E-state index contributed by atoms with van der Waals surface area (Å²) in [5.74, 6) is 1.69. The molecule has 25 heavy (non-hydrogen) atoms. The Balaban J connectivity index is 1.52. The second-order valence-electron chi connectivity index (χ2n) is 6.41. The number of carbonyl (C=O) groups is 1. The number of hydrogen-bond acceptors (Lipinski definition) is 4. The number of rotatable bonds is 3. The van der Waals surface area contributed by atoms with E-state index in [4.69, 9.17) is 14.5 Å². The minimum absolute atomic E-state index is 0.139. The van der Waals surface area contributed by atoms with Crippen LogP contribution >= 0.6 is 0 Å². The molecule has 0 bridgehead atoms. The van der Waals surface area contributed by atoms with Gasteiger partial charge in [-0.3, -0.25) is 9.78 Å². The van der Waals surface area contributed by atoms with Crippen LogP contribution in [0.5, 0.6) is 11.5 Å². The molecule has 1 fully saturated rings. The molecule has 2 heterocycles. The molecular weight excluding hydrogens is 316 g/mol. The van der Waals surface area contributed by atoms with E-state index in [1.54, 1.807) is 12.1 Å². The Kier molecular flexibility index (Phi) is 3.13. The van der Waals surface area contributed by atoms with E-state index in [0.717, 1.165) is 29.4 Å². The maximum Gasteiger partial charge on any atom is 0.256 e. The molecule has 5 nitrogen and oxygen atoms in total. The Bertz CT molecular complexity index is 995. The van der Waals surface area contributed by atoms with Crippen molar-refractivity contribution in [3.63, 3.8) is 0 Å². The predicted molar refractivity (Wildman–Crippen MR) is 94.2 cm³/mol. The first-order chi connectivity index (χ1) is 12.3. The van der Waals surface area contributed by atoms with Crippen LogP contribution in [-0.4, -0.2) is 17.7 Å². The van der Waals surface area contributed by atoms with Crippen LogP contribution in [0.3, 0.4) is 0 Å². The van der Waals surface area contributed by atoms with E-state index < -0.39 is 0 Å². The van der Waals surface area contributed by atoms with Crippen molar-refractivity contribution in [2.75, 3.05) is 12.1 Å². The van der Waals surface area contributed by atoms with E-state index in [0.29, 0.717) is 28.7 Å². The van der Waals surface area contributed by atoms with Gasteiger partial charge in [-0.25, -0.2) is 0 Å². The maximum atomic E-state index is 12.9. The minimum Gasteiger partial charge on any atom is -0.454 e. The Labute approximate surface area is 144 Å². The minimum atomic E-state index is -0.139. The summed E-state index contributed by atoms with van der Waals surface area (Å²) in [6, 6.07) is 15.1. The fourth-order valence-corrected chi connectivity index (χ4v) is 3.14. The van der Waals surface area contributed by atoms with Gasteiger partial charge in [0, 0.05) is 28.8 Å². The standard InChI is InChI=1S/C20H16N2O3/c23-20(21-13-7-8-18-19(9-13)25-11-24-18)15-10-17(12-5-6-12)22-16-4-2-1-3-14(15)16/h1-4,7-10,12H,5-6,11H2,(H,21,23). The number of nitrogens with zero attached hydrogens (tertiary/aromatic N) is 1. The number of pyridine rings is 1. The van der Waals surface area contributed by atoms with Crippen molar-refractivity contribution in [1.29, 1.82) is 0 Å². The zero-order valence-corrected chi connectivity index (χ0v) is 13.5. The smallest absolute Gasteiger partial charge is 0.256 e. The van der Waals surface area contributed by atoms with Crippen LogP contribution in [0.15, 0.2) is 48.5 Å². The number of amides is 1. The number of carbonyl (C=O) groups excluding carboxylic acids is 1. The summed E-state index contributed by atoms with van der Waals surface area (Å²) in [5.41, 5.74) is 3.21. The van der Waals surface area contributed by atoms with Crippen LogP contribution in [0.1, 0.15) is 34.8 Å². The second kappa shape index (κ2) is 5.48. The van der Waals surface area contributed by atoms with Gasteiger partial charge in [0.2, 0.25) is 6.79 Å². The number of hydrogen-bond donors (Lipinski definition) is 1. The monoisotopic (exact) mass is 332 g/mol. The molecular formula is C20H16N2O3. The van der Waals surface area contributed by atoms with Crippen molar-refractivity contribution >= 4 is 22.5 Å². The Morgan fingerprint density at radius 2 is 1.88 bits per heavy atom. The molecule has 1 N–H and O–H groups in total.